The quantitative estimate of drug-likeness (QED) is 0.662. The first-order valence-electron chi connectivity index (χ1n) is 5.49. The molecule has 0 amide bonds. The second kappa shape index (κ2) is 5.31. The van der Waals surface area contributed by atoms with Crippen LogP contribution in [0.4, 0.5) is 0 Å². The highest BCUT2D eigenvalue weighted by Crippen LogP contribution is 2.16. The molecule has 0 heterocycles. The lowest BCUT2D eigenvalue weighted by Crippen LogP contribution is -2.20. The Hall–Kier alpha value is -1.36. The number of aryl methyl sites for hydroxylation is 2. The molecule has 0 aliphatic heterocycles. The third-order valence-electron chi connectivity index (χ3n) is 2.50. The van der Waals surface area contributed by atoms with Gasteiger partial charge in [0.05, 0.1) is 4.90 Å². The number of nitrogens with one attached hydrogen (secondary N) is 1. The Morgan fingerprint density at radius 2 is 2.00 bits per heavy atom. The standard InChI is InChI=1S/C12H18N2O2S/c1-5-11(4)13-14-17(15,16)12-8-9(2)6-7-10(12)3/h6-8,14H,5H2,1-4H3/b13-11-. The number of benzene rings is 1. The van der Waals surface area contributed by atoms with Gasteiger partial charge in [0.2, 0.25) is 0 Å². The molecule has 0 saturated carbocycles. The summed E-state index contributed by atoms with van der Waals surface area (Å²) in [5.74, 6) is 0. The molecule has 0 unspecified atom stereocenters. The van der Waals surface area contributed by atoms with Crippen LogP contribution >= 0.6 is 0 Å². The highest BCUT2D eigenvalue weighted by Gasteiger charge is 2.15. The smallest absolute Gasteiger partial charge is 0.200 e. The van der Waals surface area contributed by atoms with Crippen molar-refractivity contribution in [3.8, 4) is 0 Å². The van der Waals surface area contributed by atoms with Gasteiger partial charge >= 0.3 is 0 Å². The summed E-state index contributed by atoms with van der Waals surface area (Å²) >= 11 is 0. The lowest BCUT2D eigenvalue weighted by atomic mass is 10.2. The molecule has 1 N–H and O–H groups in total. The van der Waals surface area contributed by atoms with E-state index in [4.69, 9.17) is 0 Å². The predicted molar refractivity (Wildman–Crippen MR) is 69.6 cm³/mol. The van der Waals surface area contributed by atoms with Crippen LogP contribution in [0.25, 0.3) is 0 Å². The van der Waals surface area contributed by atoms with Crippen molar-refractivity contribution in [2.24, 2.45) is 5.10 Å². The van der Waals surface area contributed by atoms with Gasteiger partial charge in [0.1, 0.15) is 0 Å². The fourth-order valence-electron chi connectivity index (χ4n) is 1.26. The van der Waals surface area contributed by atoms with Gasteiger partial charge < -0.3 is 0 Å². The average Bonchev–Trinajstić information content (AvgIpc) is 2.29. The van der Waals surface area contributed by atoms with E-state index in [-0.39, 0.29) is 4.90 Å². The summed E-state index contributed by atoms with van der Waals surface area (Å²) < 4.78 is 24.0. The van der Waals surface area contributed by atoms with Crippen LogP contribution in [0.1, 0.15) is 31.4 Å². The minimum absolute atomic E-state index is 0.283. The van der Waals surface area contributed by atoms with Crippen LogP contribution < -0.4 is 4.83 Å². The van der Waals surface area contributed by atoms with Gasteiger partial charge in [-0.3, -0.25) is 0 Å². The van der Waals surface area contributed by atoms with E-state index in [1.165, 1.54) is 0 Å². The minimum Gasteiger partial charge on any atom is -0.200 e. The van der Waals surface area contributed by atoms with Crippen molar-refractivity contribution in [3.63, 3.8) is 0 Å². The van der Waals surface area contributed by atoms with E-state index in [1.54, 1.807) is 26.0 Å². The second-order valence-corrected chi connectivity index (χ2v) is 5.69. The van der Waals surface area contributed by atoms with Crippen LogP contribution in [0.2, 0.25) is 0 Å². The van der Waals surface area contributed by atoms with Crippen molar-refractivity contribution < 1.29 is 8.42 Å². The van der Waals surface area contributed by atoms with Crippen molar-refractivity contribution in [2.45, 2.75) is 39.0 Å². The lowest BCUT2D eigenvalue weighted by Gasteiger charge is -2.08. The Morgan fingerprint density at radius 3 is 2.59 bits per heavy atom. The SMILES string of the molecule is CC/C(C)=N\NS(=O)(=O)c1cc(C)ccc1C. The molecule has 17 heavy (non-hydrogen) atoms. The summed E-state index contributed by atoms with van der Waals surface area (Å²) in [7, 11) is -3.56. The Kier molecular flexibility index (Phi) is 4.28. The molecule has 4 nitrogen and oxygen atoms in total. The van der Waals surface area contributed by atoms with Crippen molar-refractivity contribution in [3.05, 3.63) is 29.3 Å². The van der Waals surface area contributed by atoms with E-state index in [9.17, 15) is 8.42 Å². The molecule has 0 aliphatic rings. The van der Waals surface area contributed by atoms with Crippen molar-refractivity contribution >= 4 is 15.7 Å². The highest BCUT2D eigenvalue weighted by atomic mass is 32.2. The summed E-state index contributed by atoms with van der Waals surface area (Å²) in [6.45, 7) is 7.33. The van der Waals surface area contributed by atoms with Crippen LogP contribution in [0.15, 0.2) is 28.2 Å². The molecule has 1 aromatic rings. The molecule has 1 aromatic carbocycles. The molecular weight excluding hydrogens is 236 g/mol. The maximum atomic E-state index is 12.0. The fraction of sp³-hybridized carbons (Fsp3) is 0.417. The van der Waals surface area contributed by atoms with Crippen molar-refractivity contribution in [1.29, 1.82) is 0 Å². The van der Waals surface area contributed by atoms with Gasteiger partial charge in [-0.05, 0) is 44.4 Å². The van der Waals surface area contributed by atoms with Crippen LogP contribution in [-0.2, 0) is 10.0 Å². The molecule has 0 spiro atoms. The predicted octanol–water partition coefficient (Wildman–Crippen LogP) is 2.37. The van der Waals surface area contributed by atoms with Gasteiger partial charge in [-0.2, -0.15) is 13.5 Å². The molecule has 0 atom stereocenters. The summed E-state index contributed by atoms with van der Waals surface area (Å²) in [5.41, 5.74) is 2.37. The Labute approximate surface area is 103 Å². The number of nitrogens with zero attached hydrogens (tertiary/aromatic N) is 1. The summed E-state index contributed by atoms with van der Waals surface area (Å²) in [6, 6.07) is 5.32. The van der Waals surface area contributed by atoms with Crippen molar-refractivity contribution in [1.82, 2.24) is 4.83 Å². The molecular formula is C12H18N2O2S. The van der Waals surface area contributed by atoms with Crippen LogP contribution in [0.5, 0.6) is 0 Å². The zero-order chi connectivity index (χ0) is 13.1. The first-order chi connectivity index (χ1) is 7.86. The van der Waals surface area contributed by atoms with E-state index in [0.717, 1.165) is 17.7 Å². The zero-order valence-corrected chi connectivity index (χ0v) is 11.4. The largest absolute Gasteiger partial charge is 0.276 e. The lowest BCUT2D eigenvalue weighted by molar-refractivity contribution is 0.583. The van der Waals surface area contributed by atoms with Gasteiger partial charge in [0.25, 0.3) is 10.0 Å². The molecule has 0 radical (unpaired) electrons. The first-order valence-corrected chi connectivity index (χ1v) is 6.97. The Balaban J connectivity index is 3.10. The van der Waals surface area contributed by atoms with Crippen LogP contribution in [0, 0.1) is 13.8 Å². The monoisotopic (exact) mass is 254 g/mol. The van der Waals surface area contributed by atoms with Gasteiger partial charge in [0.15, 0.2) is 0 Å². The normalized spacial score (nSPS) is 12.6. The van der Waals surface area contributed by atoms with Gasteiger partial charge in [-0.15, -0.1) is 0 Å². The van der Waals surface area contributed by atoms with E-state index >= 15 is 0 Å². The zero-order valence-electron chi connectivity index (χ0n) is 10.6. The van der Waals surface area contributed by atoms with Crippen molar-refractivity contribution in [2.75, 3.05) is 0 Å². The van der Waals surface area contributed by atoms with Gasteiger partial charge in [-0.1, -0.05) is 19.1 Å². The minimum atomic E-state index is -3.56. The topological polar surface area (TPSA) is 58.5 Å². The maximum absolute atomic E-state index is 12.0. The third kappa shape index (κ3) is 3.56. The van der Waals surface area contributed by atoms with E-state index < -0.39 is 10.0 Å². The summed E-state index contributed by atoms with van der Waals surface area (Å²) in [4.78, 5) is 2.54. The fourth-order valence-corrected chi connectivity index (χ4v) is 2.47. The molecule has 0 bridgehead atoms. The van der Waals surface area contributed by atoms with Gasteiger partial charge in [-0.25, -0.2) is 4.83 Å². The Bertz CT molecular complexity index is 533. The number of hydrazone groups is 1. The number of rotatable bonds is 4. The van der Waals surface area contributed by atoms with Crippen LogP contribution in [0.3, 0.4) is 0 Å². The van der Waals surface area contributed by atoms with Crippen LogP contribution in [-0.4, -0.2) is 14.1 Å². The molecule has 0 saturated heterocycles. The molecule has 1 rings (SSSR count). The highest BCUT2D eigenvalue weighted by molar-refractivity contribution is 7.89. The molecule has 0 aromatic heterocycles. The third-order valence-corrected chi connectivity index (χ3v) is 3.85. The number of sulfonamides is 1. The Morgan fingerprint density at radius 1 is 1.35 bits per heavy atom. The molecule has 94 valence electrons. The summed E-state index contributed by atoms with van der Waals surface area (Å²) in [5, 5.41) is 3.84. The second-order valence-electron chi connectivity index (χ2n) is 4.06. The summed E-state index contributed by atoms with van der Waals surface area (Å²) in [6.07, 6.45) is 0.718. The maximum Gasteiger partial charge on any atom is 0.276 e. The average molecular weight is 254 g/mol. The molecule has 5 heteroatoms. The number of hydrogen-bond acceptors (Lipinski definition) is 3. The first kappa shape index (κ1) is 13.7. The van der Waals surface area contributed by atoms with Gasteiger partial charge in [0, 0.05) is 5.71 Å². The van der Waals surface area contributed by atoms with E-state index in [2.05, 4.69) is 9.93 Å². The van der Waals surface area contributed by atoms with E-state index in [0.29, 0.717) is 5.56 Å². The molecule has 0 aliphatic carbocycles. The molecule has 0 fully saturated rings. The number of hydrogen-bond donors (Lipinski definition) is 1. The van der Waals surface area contributed by atoms with E-state index in [1.807, 2.05) is 19.9 Å².